The Morgan fingerprint density at radius 3 is 2.32 bits per heavy atom. The first-order valence-electron chi connectivity index (χ1n) is 9.58. The van der Waals surface area contributed by atoms with Crippen molar-refractivity contribution in [2.24, 2.45) is 0 Å². The van der Waals surface area contributed by atoms with Crippen molar-refractivity contribution < 1.29 is 13.9 Å². The Hall–Kier alpha value is -2.48. The fraction of sp³-hybridized carbons (Fsp3) is 0.381. The number of carbonyl (C=O) groups is 1. The topological polar surface area (TPSA) is 56.8 Å². The minimum absolute atomic E-state index is 0.0340. The van der Waals surface area contributed by atoms with Gasteiger partial charge in [0.1, 0.15) is 11.6 Å². The first-order chi connectivity index (χ1) is 13.6. The summed E-state index contributed by atoms with van der Waals surface area (Å²) in [5, 5.41) is 0. The number of halogens is 1. The Morgan fingerprint density at radius 1 is 1.00 bits per heavy atom. The zero-order valence-corrected chi connectivity index (χ0v) is 15.9. The monoisotopic (exact) mass is 384 g/mol. The molecule has 0 spiro atoms. The normalized spacial score (nSPS) is 23.0. The SMILES string of the molecule is COc1ccc(C2CC(N3CCN(C(=O)c4ccc(F)cc4)CC3)NN2)cc1. The van der Waals surface area contributed by atoms with Gasteiger partial charge in [0.2, 0.25) is 0 Å². The fourth-order valence-electron chi connectivity index (χ4n) is 3.85. The van der Waals surface area contributed by atoms with Crippen molar-refractivity contribution >= 4 is 5.91 Å². The average molecular weight is 384 g/mol. The maximum Gasteiger partial charge on any atom is 0.253 e. The minimum atomic E-state index is -0.326. The van der Waals surface area contributed by atoms with E-state index in [1.54, 1.807) is 19.2 Å². The van der Waals surface area contributed by atoms with Gasteiger partial charge in [-0.2, -0.15) is 0 Å². The molecule has 6 nitrogen and oxygen atoms in total. The van der Waals surface area contributed by atoms with Crippen molar-refractivity contribution in [3.05, 3.63) is 65.5 Å². The lowest BCUT2D eigenvalue weighted by Crippen LogP contribution is -2.55. The number of benzene rings is 2. The molecule has 2 atom stereocenters. The molecule has 0 aliphatic carbocycles. The van der Waals surface area contributed by atoms with E-state index in [2.05, 4.69) is 27.9 Å². The van der Waals surface area contributed by atoms with Crippen LogP contribution in [0.5, 0.6) is 5.75 Å². The molecule has 7 heteroatoms. The van der Waals surface area contributed by atoms with Gasteiger partial charge in [0.05, 0.1) is 13.3 Å². The molecule has 2 unspecified atom stereocenters. The predicted molar refractivity (Wildman–Crippen MR) is 104 cm³/mol. The van der Waals surface area contributed by atoms with Crippen molar-refractivity contribution in [2.45, 2.75) is 18.6 Å². The maximum absolute atomic E-state index is 13.1. The summed E-state index contributed by atoms with van der Waals surface area (Å²) in [4.78, 5) is 16.8. The summed E-state index contributed by atoms with van der Waals surface area (Å²) in [6, 6.07) is 14.1. The van der Waals surface area contributed by atoms with Gasteiger partial charge in [-0.3, -0.25) is 9.69 Å². The van der Waals surface area contributed by atoms with Crippen LogP contribution in [0.4, 0.5) is 4.39 Å². The summed E-state index contributed by atoms with van der Waals surface area (Å²) in [6.07, 6.45) is 1.19. The van der Waals surface area contributed by atoms with E-state index in [1.807, 2.05) is 17.0 Å². The summed E-state index contributed by atoms with van der Waals surface area (Å²) in [5.41, 5.74) is 8.52. The number of carbonyl (C=O) groups excluding carboxylic acids is 1. The Balaban J connectivity index is 1.30. The molecule has 2 aliphatic rings. The number of rotatable bonds is 4. The van der Waals surface area contributed by atoms with Gasteiger partial charge in [-0.1, -0.05) is 12.1 Å². The molecule has 2 aliphatic heterocycles. The molecule has 2 N–H and O–H groups in total. The third-order valence-electron chi connectivity index (χ3n) is 5.53. The predicted octanol–water partition coefficient (Wildman–Crippen LogP) is 2.16. The van der Waals surface area contributed by atoms with Gasteiger partial charge in [0, 0.05) is 37.8 Å². The number of hydrazine groups is 1. The molecule has 2 aromatic carbocycles. The maximum atomic E-state index is 13.1. The van der Waals surface area contributed by atoms with Crippen molar-refractivity contribution in [1.82, 2.24) is 20.7 Å². The number of nitrogens with zero attached hydrogens (tertiary/aromatic N) is 2. The molecule has 2 saturated heterocycles. The number of amides is 1. The number of hydrogen-bond acceptors (Lipinski definition) is 5. The Morgan fingerprint density at radius 2 is 1.68 bits per heavy atom. The molecular weight excluding hydrogens is 359 g/mol. The lowest BCUT2D eigenvalue weighted by molar-refractivity contribution is 0.0545. The van der Waals surface area contributed by atoms with Crippen LogP contribution in [0.1, 0.15) is 28.4 Å². The Labute approximate surface area is 164 Å². The zero-order valence-electron chi connectivity index (χ0n) is 15.9. The van der Waals surface area contributed by atoms with Crippen LogP contribution < -0.4 is 15.6 Å². The standard InChI is InChI=1S/C21H25FN4O2/c1-28-18-8-4-15(5-9-18)19-14-20(24-23-19)25-10-12-26(13-11-25)21(27)16-2-6-17(22)7-3-16/h2-9,19-20,23-24H,10-14H2,1H3. The highest BCUT2D eigenvalue weighted by Crippen LogP contribution is 2.26. The molecule has 0 aromatic heterocycles. The highest BCUT2D eigenvalue weighted by molar-refractivity contribution is 5.94. The largest absolute Gasteiger partial charge is 0.497 e. The van der Waals surface area contributed by atoms with E-state index in [1.165, 1.54) is 17.7 Å². The van der Waals surface area contributed by atoms with E-state index in [-0.39, 0.29) is 23.9 Å². The number of ether oxygens (including phenoxy) is 1. The molecule has 2 aromatic rings. The van der Waals surface area contributed by atoms with Gasteiger partial charge in [-0.05, 0) is 48.4 Å². The Kier molecular flexibility index (Phi) is 5.57. The fourth-order valence-corrected chi connectivity index (χ4v) is 3.85. The van der Waals surface area contributed by atoms with E-state index in [0.29, 0.717) is 18.7 Å². The van der Waals surface area contributed by atoms with Crippen LogP contribution in [0.25, 0.3) is 0 Å². The lowest BCUT2D eigenvalue weighted by atomic mass is 10.0. The van der Waals surface area contributed by atoms with Crippen LogP contribution in [0.15, 0.2) is 48.5 Å². The summed E-state index contributed by atoms with van der Waals surface area (Å²) in [7, 11) is 1.67. The molecule has 2 fully saturated rings. The Bertz CT molecular complexity index is 804. The minimum Gasteiger partial charge on any atom is -0.497 e. The summed E-state index contributed by atoms with van der Waals surface area (Å²) in [6.45, 7) is 2.95. The van der Waals surface area contributed by atoms with Crippen molar-refractivity contribution in [1.29, 1.82) is 0 Å². The van der Waals surface area contributed by atoms with E-state index in [4.69, 9.17) is 4.74 Å². The summed E-state index contributed by atoms with van der Waals surface area (Å²) >= 11 is 0. The first-order valence-corrected chi connectivity index (χ1v) is 9.58. The quantitative estimate of drug-likeness (QED) is 0.846. The highest BCUT2D eigenvalue weighted by Gasteiger charge is 2.32. The second kappa shape index (κ2) is 8.26. The second-order valence-electron chi connectivity index (χ2n) is 7.20. The molecule has 28 heavy (non-hydrogen) atoms. The van der Waals surface area contributed by atoms with Gasteiger partial charge >= 0.3 is 0 Å². The number of methoxy groups -OCH3 is 1. The van der Waals surface area contributed by atoms with E-state index in [9.17, 15) is 9.18 Å². The van der Waals surface area contributed by atoms with Gasteiger partial charge in [0.25, 0.3) is 5.91 Å². The van der Waals surface area contributed by atoms with Crippen LogP contribution in [0.2, 0.25) is 0 Å². The molecule has 0 saturated carbocycles. The van der Waals surface area contributed by atoms with Gasteiger partial charge in [-0.15, -0.1) is 0 Å². The first kappa shape index (κ1) is 18.9. The van der Waals surface area contributed by atoms with Gasteiger partial charge < -0.3 is 9.64 Å². The molecule has 1 amide bonds. The summed E-state index contributed by atoms with van der Waals surface area (Å²) < 4.78 is 18.3. The second-order valence-corrected chi connectivity index (χ2v) is 7.20. The van der Waals surface area contributed by atoms with Crippen LogP contribution >= 0.6 is 0 Å². The smallest absolute Gasteiger partial charge is 0.253 e. The van der Waals surface area contributed by atoms with Crippen LogP contribution in [-0.2, 0) is 0 Å². The lowest BCUT2D eigenvalue weighted by Gasteiger charge is -2.37. The molecule has 148 valence electrons. The zero-order chi connectivity index (χ0) is 19.5. The molecule has 0 radical (unpaired) electrons. The van der Waals surface area contributed by atoms with E-state index in [0.717, 1.165) is 25.3 Å². The molecule has 4 rings (SSSR count). The van der Waals surface area contributed by atoms with Crippen LogP contribution in [-0.4, -0.2) is 55.2 Å². The van der Waals surface area contributed by atoms with E-state index >= 15 is 0 Å². The number of nitrogens with one attached hydrogen (secondary N) is 2. The van der Waals surface area contributed by atoms with Crippen molar-refractivity contribution in [2.75, 3.05) is 33.3 Å². The van der Waals surface area contributed by atoms with Gasteiger partial charge in [-0.25, -0.2) is 15.2 Å². The number of hydrogen-bond donors (Lipinski definition) is 2. The van der Waals surface area contributed by atoms with Crippen molar-refractivity contribution in [3.63, 3.8) is 0 Å². The van der Waals surface area contributed by atoms with E-state index < -0.39 is 0 Å². The third-order valence-corrected chi connectivity index (χ3v) is 5.53. The highest BCUT2D eigenvalue weighted by atomic mass is 19.1. The third kappa shape index (κ3) is 4.01. The molecule has 0 bridgehead atoms. The van der Waals surface area contributed by atoms with Crippen LogP contribution in [0, 0.1) is 5.82 Å². The number of piperazine rings is 1. The van der Waals surface area contributed by atoms with Crippen LogP contribution in [0.3, 0.4) is 0 Å². The molecular formula is C21H25FN4O2. The average Bonchev–Trinajstić information content (AvgIpc) is 3.24. The molecule has 2 heterocycles. The van der Waals surface area contributed by atoms with Crippen molar-refractivity contribution in [3.8, 4) is 5.75 Å². The summed E-state index contributed by atoms with van der Waals surface area (Å²) in [5.74, 6) is 0.494. The van der Waals surface area contributed by atoms with Gasteiger partial charge in [0.15, 0.2) is 0 Å².